The van der Waals surface area contributed by atoms with E-state index in [1.165, 1.54) is 4.90 Å². The summed E-state index contributed by atoms with van der Waals surface area (Å²) in [5.74, 6) is -4.65. The zero-order valence-electron chi connectivity index (χ0n) is 12.6. The van der Waals surface area contributed by atoms with E-state index < -0.39 is 35.8 Å². The summed E-state index contributed by atoms with van der Waals surface area (Å²) < 4.78 is 39.3. The van der Waals surface area contributed by atoms with Gasteiger partial charge in [-0.05, 0) is 25.2 Å². The molecule has 7 heteroatoms. The van der Waals surface area contributed by atoms with E-state index >= 15 is 0 Å². The minimum Gasteiger partial charge on any atom is -0.481 e. The van der Waals surface area contributed by atoms with Gasteiger partial charge in [-0.25, -0.2) is 0 Å². The van der Waals surface area contributed by atoms with Gasteiger partial charge in [-0.2, -0.15) is 13.2 Å². The van der Waals surface area contributed by atoms with E-state index in [9.17, 15) is 22.8 Å². The Hall–Kier alpha value is -1.27. The van der Waals surface area contributed by atoms with Crippen molar-refractivity contribution in [2.75, 3.05) is 13.1 Å². The summed E-state index contributed by atoms with van der Waals surface area (Å²) in [4.78, 5) is 25.0. The van der Waals surface area contributed by atoms with Crippen LogP contribution in [0.5, 0.6) is 0 Å². The molecule has 2 fully saturated rings. The van der Waals surface area contributed by atoms with Crippen molar-refractivity contribution in [3.05, 3.63) is 0 Å². The maximum Gasteiger partial charge on any atom is 0.392 e. The average molecular weight is 321 g/mol. The predicted octanol–water partition coefficient (Wildman–Crippen LogP) is 2.92. The number of rotatable bonds is 2. The van der Waals surface area contributed by atoms with Crippen LogP contribution in [0.2, 0.25) is 0 Å². The van der Waals surface area contributed by atoms with E-state index in [1.54, 1.807) is 6.92 Å². The molecule has 1 saturated carbocycles. The highest BCUT2D eigenvalue weighted by Crippen LogP contribution is 2.42. The smallest absolute Gasteiger partial charge is 0.392 e. The average Bonchev–Trinajstić information content (AvgIpc) is 2.45. The molecular formula is C15H22F3NO3. The molecule has 1 aliphatic carbocycles. The highest BCUT2D eigenvalue weighted by Gasteiger charge is 2.49. The number of alkyl halides is 3. The predicted molar refractivity (Wildman–Crippen MR) is 73.0 cm³/mol. The van der Waals surface area contributed by atoms with E-state index in [-0.39, 0.29) is 31.8 Å². The number of piperidine rings is 1. The molecule has 0 bridgehead atoms. The standard InChI is InChI=1S/C15H22F3NO3/c1-9-8-19(7-6-10(9)14(21)22)13(20)11-4-2-3-5-12(11)15(16,17)18/h9-12H,2-8H2,1H3,(H,21,22). The van der Waals surface area contributed by atoms with Gasteiger partial charge in [0.15, 0.2) is 0 Å². The van der Waals surface area contributed by atoms with Crippen molar-refractivity contribution in [1.82, 2.24) is 4.90 Å². The van der Waals surface area contributed by atoms with Gasteiger partial charge in [0.2, 0.25) is 5.91 Å². The molecule has 1 aliphatic heterocycles. The number of likely N-dealkylation sites (tertiary alicyclic amines) is 1. The molecule has 0 radical (unpaired) electrons. The molecule has 4 atom stereocenters. The summed E-state index contributed by atoms with van der Waals surface area (Å²) in [6.07, 6.45) is -2.59. The Morgan fingerprint density at radius 1 is 1.09 bits per heavy atom. The minimum absolute atomic E-state index is 0.0149. The second-order valence-electron chi connectivity index (χ2n) is 6.53. The van der Waals surface area contributed by atoms with Gasteiger partial charge in [0.05, 0.1) is 11.8 Å². The largest absolute Gasteiger partial charge is 0.481 e. The summed E-state index contributed by atoms with van der Waals surface area (Å²) in [6, 6.07) is 0. The number of amides is 1. The van der Waals surface area contributed by atoms with Crippen LogP contribution < -0.4 is 0 Å². The zero-order valence-corrected chi connectivity index (χ0v) is 12.6. The van der Waals surface area contributed by atoms with Crippen molar-refractivity contribution in [3.63, 3.8) is 0 Å². The minimum atomic E-state index is -4.34. The first-order valence-corrected chi connectivity index (χ1v) is 7.80. The van der Waals surface area contributed by atoms with Crippen molar-refractivity contribution >= 4 is 11.9 Å². The van der Waals surface area contributed by atoms with Crippen LogP contribution in [-0.4, -0.2) is 41.1 Å². The lowest BCUT2D eigenvalue weighted by molar-refractivity contribution is -0.201. The van der Waals surface area contributed by atoms with E-state index in [0.29, 0.717) is 19.3 Å². The lowest BCUT2D eigenvalue weighted by atomic mass is 9.77. The Bertz CT molecular complexity index is 438. The Morgan fingerprint density at radius 3 is 2.27 bits per heavy atom. The molecule has 4 unspecified atom stereocenters. The molecule has 0 aromatic rings. The van der Waals surface area contributed by atoms with Gasteiger partial charge in [-0.15, -0.1) is 0 Å². The van der Waals surface area contributed by atoms with Crippen molar-refractivity contribution in [1.29, 1.82) is 0 Å². The van der Waals surface area contributed by atoms with Crippen LogP contribution in [0.25, 0.3) is 0 Å². The van der Waals surface area contributed by atoms with Gasteiger partial charge in [0.25, 0.3) is 0 Å². The fourth-order valence-corrected chi connectivity index (χ4v) is 3.77. The fourth-order valence-electron chi connectivity index (χ4n) is 3.77. The quantitative estimate of drug-likeness (QED) is 0.851. The molecule has 0 aromatic carbocycles. The highest BCUT2D eigenvalue weighted by atomic mass is 19.4. The van der Waals surface area contributed by atoms with Crippen LogP contribution in [0, 0.1) is 23.7 Å². The number of carbonyl (C=O) groups is 2. The van der Waals surface area contributed by atoms with Crippen LogP contribution in [0.3, 0.4) is 0 Å². The third kappa shape index (κ3) is 3.55. The Labute approximate surface area is 127 Å². The second-order valence-corrected chi connectivity index (χ2v) is 6.53. The summed E-state index contributed by atoms with van der Waals surface area (Å²) in [6.45, 7) is 2.21. The molecule has 1 amide bonds. The van der Waals surface area contributed by atoms with Crippen LogP contribution >= 0.6 is 0 Å². The number of carbonyl (C=O) groups excluding carboxylic acids is 1. The van der Waals surface area contributed by atoms with Gasteiger partial charge < -0.3 is 10.0 Å². The third-order valence-corrected chi connectivity index (χ3v) is 5.04. The summed E-state index contributed by atoms with van der Waals surface area (Å²) in [5, 5.41) is 9.08. The van der Waals surface area contributed by atoms with Crippen LogP contribution in [-0.2, 0) is 9.59 Å². The SMILES string of the molecule is CC1CN(C(=O)C2CCCCC2C(F)(F)F)CCC1C(=O)O. The number of carboxylic acid groups (broad SMARTS) is 1. The first-order chi connectivity index (χ1) is 10.2. The third-order valence-electron chi connectivity index (χ3n) is 5.04. The van der Waals surface area contributed by atoms with Crippen molar-refractivity contribution in [2.24, 2.45) is 23.7 Å². The molecule has 0 spiro atoms. The van der Waals surface area contributed by atoms with Gasteiger partial charge in [-0.3, -0.25) is 9.59 Å². The number of hydrogen-bond acceptors (Lipinski definition) is 2. The maximum absolute atomic E-state index is 13.1. The van der Waals surface area contributed by atoms with Crippen molar-refractivity contribution < 1.29 is 27.9 Å². The second kappa shape index (κ2) is 6.46. The normalized spacial score (nSPS) is 33.5. The number of carboxylic acids is 1. The maximum atomic E-state index is 13.1. The molecular weight excluding hydrogens is 299 g/mol. The van der Waals surface area contributed by atoms with Crippen molar-refractivity contribution in [3.8, 4) is 0 Å². The van der Waals surface area contributed by atoms with Crippen molar-refractivity contribution in [2.45, 2.75) is 45.2 Å². The molecule has 4 nitrogen and oxygen atoms in total. The fraction of sp³-hybridized carbons (Fsp3) is 0.867. The summed E-state index contributed by atoms with van der Waals surface area (Å²) in [5.41, 5.74) is 0. The van der Waals surface area contributed by atoms with E-state index in [0.717, 1.165) is 0 Å². The topological polar surface area (TPSA) is 57.6 Å². The first kappa shape index (κ1) is 17.1. The number of nitrogens with zero attached hydrogens (tertiary/aromatic N) is 1. The highest BCUT2D eigenvalue weighted by molar-refractivity contribution is 5.80. The van der Waals surface area contributed by atoms with E-state index in [4.69, 9.17) is 5.11 Å². The van der Waals surface area contributed by atoms with Gasteiger partial charge in [0.1, 0.15) is 0 Å². The summed E-state index contributed by atoms with van der Waals surface area (Å²) >= 11 is 0. The van der Waals surface area contributed by atoms with Crippen LogP contribution in [0.15, 0.2) is 0 Å². The molecule has 1 N–H and O–H groups in total. The Balaban J connectivity index is 2.06. The first-order valence-electron chi connectivity index (χ1n) is 7.80. The monoisotopic (exact) mass is 321 g/mol. The number of hydrogen-bond donors (Lipinski definition) is 1. The summed E-state index contributed by atoms with van der Waals surface area (Å²) in [7, 11) is 0. The molecule has 1 saturated heterocycles. The zero-order chi connectivity index (χ0) is 16.5. The lowest BCUT2D eigenvalue weighted by Crippen LogP contribution is -2.50. The molecule has 0 aromatic heterocycles. The number of halogens is 3. The van der Waals surface area contributed by atoms with Gasteiger partial charge >= 0.3 is 12.1 Å². The molecule has 1 heterocycles. The molecule has 2 rings (SSSR count). The van der Waals surface area contributed by atoms with Crippen LogP contribution in [0.4, 0.5) is 13.2 Å². The Morgan fingerprint density at radius 2 is 1.73 bits per heavy atom. The lowest BCUT2D eigenvalue weighted by Gasteiger charge is -2.40. The van der Waals surface area contributed by atoms with Gasteiger partial charge in [-0.1, -0.05) is 19.8 Å². The Kier molecular flexibility index (Phi) is 5.02. The molecule has 2 aliphatic rings. The molecule has 22 heavy (non-hydrogen) atoms. The molecule has 126 valence electrons. The van der Waals surface area contributed by atoms with E-state index in [1.807, 2.05) is 0 Å². The van der Waals surface area contributed by atoms with E-state index in [2.05, 4.69) is 0 Å². The van der Waals surface area contributed by atoms with Crippen LogP contribution in [0.1, 0.15) is 39.0 Å². The van der Waals surface area contributed by atoms with Gasteiger partial charge in [0, 0.05) is 19.0 Å². The number of aliphatic carboxylic acids is 1.